The molecule has 2 nitrogen and oxygen atoms in total. The Kier molecular flexibility index (Phi) is 3.21. The summed E-state index contributed by atoms with van der Waals surface area (Å²) in [6.45, 7) is 1.95. The van der Waals surface area contributed by atoms with Crippen molar-refractivity contribution in [2.45, 2.75) is 18.2 Å². The molecule has 2 heterocycles. The Bertz CT molecular complexity index is 424. The Morgan fingerprint density at radius 2 is 2.33 bits per heavy atom. The first-order valence-corrected chi connectivity index (χ1v) is 5.76. The molecule has 2 rings (SSSR count). The van der Waals surface area contributed by atoms with Gasteiger partial charge in [-0.15, -0.1) is 0 Å². The van der Waals surface area contributed by atoms with Crippen LogP contribution in [0.4, 0.5) is 0 Å². The van der Waals surface area contributed by atoms with Crippen LogP contribution >= 0.6 is 15.9 Å². The van der Waals surface area contributed by atoms with Crippen molar-refractivity contribution in [1.29, 1.82) is 0 Å². The van der Waals surface area contributed by atoms with Gasteiger partial charge in [0.15, 0.2) is 0 Å². The molecule has 0 aliphatic heterocycles. The Balaban J connectivity index is 2.07. The number of pyridine rings is 1. The molecule has 3 heteroatoms. The molecular formula is C12H12BrNO. The largest absolute Gasteiger partial charge is 0.469 e. The molecule has 15 heavy (non-hydrogen) atoms. The van der Waals surface area contributed by atoms with E-state index in [1.54, 1.807) is 6.26 Å². The first kappa shape index (κ1) is 10.4. The van der Waals surface area contributed by atoms with E-state index < -0.39 is 0 Å². The molecule has 0 spiro atoms. The highest BCUT2D eigenvalue weighted by atomic mass is 79.9. The van der Waals surface area contributed by atoms with E-state index in [-0.39, 0.29) is 4.83 Å². The molecule has 2 aromatic heterocycles. The summed E-state index contributed by atoms with van der Waals surface area (Å²) in [5.74, 6) is 0.940. The molecule has 0 amide bonds. The highest BCUT2D eigenvalue weighted by molar-refractivity contribution is 9.09. The van der Waals surface area contributed by atoms with Crippen molar-refractivity contribution >= 4 is 15.9 Å². The summed E-state index contributed by atoms with van der Waals surface area (Å²) in [7, 11) is 0. The number of alkyl halides is 1. The third-order valence-corrected chi connectivity index (χ3v) is 3.08. The standard InChI is InChI=1S/C12H12BrNO/c1-9-6-10(8-15-9)12(13)7-11-4-2-3-5-14-11/h2-6,8,12H,7H2,1H3. The number of rotatable bonds is 3. The van der Waals surface area contributed by atoms with Crippen LogP contribution in [0.2, 0.25) is 0 Å². The SMILES string of the molecule is Cc1cc(C(Br)Cc2ccccn2)co1. The van der Waals surface area contributed by atoms with Crippen molar-refractivity contribution in [1.82, 2.24) is 4.98 Å². The molecule has 78 valence electrons. The average molecular weight is 266 g/mol. The van der Waals surface area contributed by atoms with E-state index in [2.05, 4.69) is 20.9 Å². The predicted molar refractivity (Wildman–Crippen MR) is 63.1 cm³/mol. The fraction of sp³-hybridized carbons (Fsp3) is 0.250. The van der Waals surface area contributed by atoms with Gasteiger partial charge in [-0.2, -0.15) is 0 Å². The number of halogens is 1. The number of nitrogens with zero attached hydrogens (tertiary/aromatic N) is 1. The maximum atomic E-state index is 5.27. The average Bonchev–Trinajstić information content (AvgIpc) is 2.66. The number of aryl methyl sites for hydroxylation is 1. The minimum atomic E-state index is 0.268. The molecule has 2 aromatic rings. The van der Waals surface area contributed by atoms with E-state index >= 15 is 0 Å². The molecule has 0 bridgehead atoms. The highest BCUT2D eigenvalue weighted by Gasteiger charge is 2.11. The van der Waals surface area contributed by atoms with Gasteiger partial charge in [0, 0.05) is 28.7 Å². The molecule has 0 aliphatic carbocycles. The van der Waals surface area contributed by atoms with Crippen LogP contribution in [0.5, 0.6) is 0 Å². The highest BCUT2D eigenvalue weighted by Crippen LogP contribution is 2.27. The summed E-state index contributed by atoms with van der Waals surface area (Å²) in [6.07, 6.45) is 4.48. The third-order valence-electron chi connectivity index (χ3n) is 2.23. The molecule has 1 atom stereocenters. The first-order chi connectivity index (χ1) is 7.25. The summed E-state index contributed by atoms with van der Waals surface area (Å²) in [4.78, 5) is 4.56. The maximum Gasteiger partial charge on any atom is 0.101 e. The quantitative estimate of drug-likeness (QED) is 0.792. The van der Waals surface area contributed by atoms with Crippen LogP contribution in [0.1, 0.15) is 21.8 Å². The van der Waals surface area contributed by atoms with Crippen LogP contribution in [0, 0.1) is 6.92 Å². The van der Waals surface area contributed by atoms with Crippen molar-refractivity contribution in [3.63, 3.8) is 0 Å². The fourth-order valence-corrected chi connectivity index (χ4v) is 2.02. The van der Waals surface area contributed by atoms with Gasteiger partial charge in [-0.1, -0.05) is 22.0 Å². The Labute approximate surface area is 97.5 Å². The van der Waals surface area contributed by atoms with Gasteiger partial charge < -0.3 is 4.42 Å². The van der Waals surface area contributed by atoms with Crippen LogP contribution in [-0.2, 0) is 6.42 Å². The normalized spacial score (nSPS) is 12.7. The summed E-state index contributed by atoms with van der Waals surface area (Å²) in [5, 5.41) is 0. The molecule has 0 radical (unpaired) electrons. The van der Waals surface area contributed by atoms with Gasteiger partial charge in [0.25, 0.3) is 0 Å². The lowest BCUT2D eigenvalue weighted by Crippen LogP contribution is -1.95. The summed E-state index contributed by atoms with van der Waals surface area (Å²) in [5.41, 5.74) is 2.25. The van der Waals surface area contributed by atoms with E-state index in [0.29, 0.717) is 0 Å². The third kappa shape index (κ3) is 2.69. The number of hydrogen-bond acceptors (Lipinski definition) is 2. The van der Waals surface area contributed by atoms with Crippen molar-refractivity contribution in [3.05, 3.63) is 53.7 Å². The number of furan rings is 1. The summed E-state index contributed by atoms with van der Waals surface area (Å²) < 4.78 is 5.27. The summed E-state index contributed by atoms with van der Waals surface area (Å²) in [6, 6.07) is 8.00. The molecule has 0 N–H and O–H groups in total. The van der Waals surface area contributed by atoms with Gasteiger partial charge in [0.05, 0.1) is 6.26 Å². The zero-order valence-corrected chi connectivity index (χ0v) is 10.1. The van der Waals surface area contributed by atoms with Gasteiger partial charge >= 0.3 is 0 Å². The number of aromatic nitrogens is 1. The topological polar surface area (TPSA) is 26.0 Å². The fourth-order valence-electron chi connectivity index (χ4n) is 1.45. The van der Waals surface area contributed by atoms with E-state index in [1.807, 2.05) is 37.4 Å². The smallest absolute Gasteiger partial charge is 0.101 e. The second-order valence-electron chi connectivity index (χ2n) is 3.48. The molecular weight excluding hydrogens is 254 g/mol. The van der Waals surface area contributed by atoms with Crippen LogP contribution in [0.15, 0.2) is 41.1 Å². The lowest BCUT2D eigenvalue weighted by atomic mass is 10.1. The van der Waals surface area contributed by atoms with Gasteiger partial charge in [-0.25, -0.2) is 0 Å². The van der Waals surface area contributed by atoms with Crippen LogP contribution in [0.25, 0.3) is 0 Å². The Morgan fingerprint density at radius 1 is 1.47 bits per heavy atom. The van der Waals surface area contributed by atoms with Crippen LogP contribution in [-0.4, -0.2) is 4.98 Å². The van der Waals surface area contributed by atoms with E-state index in [9.17, 15) is 0 Å². The monoisotopic (exact) mass is 265 g/mol. The van der Waals surface area contributed by atoms with Gasteiger partial charge in [-0.05, 0) is 25.1 Å². The summed E-state index contributed by atoms with van der Waals surface area (Å²) >= 11 is 3.64. The van der Waals surface area contributed by atoms with Gasteiger partial charge in [0.1, 0.15) is 5.76 Å². The van der Waals surface area contributed by atoms with Crippen molar-refractivity contribution in [2.75, 3.05) is 0 Å². The molecule has 0 aromatic carbocycles. The zero-order valence-electron chi connectivity index (χ0n) is 8.48. The van der Waals surface area contributed by atoms with Crippen molar-refractivity contribution in [2.24, 2.45) is 0 Å². The predicted octanol–water partition coefficient (Wildman–Crippen LogP) is 3.66. The van der Waals surface area contributed by atoms with Crippen LogP contribution < -0.4 is 0 Å². The van der Waals surface area contributed by atoms with Crippen LogP contribution in [0.3, 0.4) is 0 Å². The molecule has 0 fully saturated rings. The minimum Gasteiger partial charge on any atom is -0.469 e. The van der Waals surface area contributed by atoms with Gasteiger partial charge in [0.2, 0.25) is 0 Å². The maximum absolute atomic E-state index is 5.27. The second-order valence-corrected chi connectivity index (χ2v) is 4.59. The molecule has 1 unspecified atom stereocenters. The van der Waals surface area contributed by atoms with E-state index in [0.717, 1.165) is 23.4 Å². The van der Waals surface area contributed by atoms with Gasteiger partial charge in [-0.3, -0.25) is 4.98 Å². The lowest BCUT2D eigenvalue weighted by Gasteiger charge is -2.05. The lowest BCUT2D eigenvalue weighted by molar-refractivity contribution is 0.531. The van der Waals surface area contributed by atoms with Crippen molar-refractivity contribution in [3.8, 4) is 0 Å². The Hall–Kier alpha value is -1.09. The van der Waals surface area contributed by atoms with E-state index in [4.69, 9.17) is 4.42 Å². The zero-order chi connectivity index (χ0) is 10.7. The first-order valence-electron chi connectivity index (χ1n) is 4.85. The molecule has 0 saturated heterocycles. The van der Waals surface area contributed by atoms with Crippen molar-refractivity contribution < 1.29 is 4.42 Å². The Morgan fingerprint density at radius 3 is 2.93 bits per heavy atom. The molecule has 0 saturated carbocycles. The van der Waals surface area contributed by atoms with E-state index in [1.165, 1.54) is 0 Å². The second kappa shape index (κ2) is 4.62. The molecule has 0 aliphatic rings. The minimum absolute atomic E-state index is 0.268. The number of hydrogen-bond donors (Lipinski definition) is 0.